The summed E-state index contributed by atoms with van der Waals surface area (Å²) in [5.74, 6) is -0.900. The van der Waals surface area contributed by atoms with E-state index in [4.69, 9.17) is 23.2 Å². The fraction of sp³-hybridized carbons (Fsp3) is 0.120. The fourth-order valence-corrected chi connectivity index (χ4v) is 4.70. The Labute approximate surface area is 201 Å². The van der Waals surface area contributed by atoms with Crippen LogP contribution < -0.4 is 10.2 Å². The molecule has 0 aliphatic carbocycles. The van der Waals surface area contributed by atoms with E-state index in [9.17, 15) is 9.59 Å². The molecule has 1 heterocycles. The first-order valence-electron chi connectivity index (χ1n) is 9.91. The quantitative estimate of drug-likeness (QED) is 0.401. The highest BCUT2D eigenvalue weighted by Crippen LogP contribution is 2.40. The van der Waals surface area contributed by atoms with Crippen LogP contribution in [0.4, 0.5) is 11.4 Å². The van der Waals surface area contributed by atoms with Gasteiger partial charge in [0.05, 0.1) is 10.7 Å². The fourth-order valence-electron chi connectivity index (χ4n) is 3.28. The van der Waals surface area contributed by atoms with E-state index in [-0.39, 0.29) is 10.7 Å². The van der Waals surface area contributed by atoms with Gasteiger partial charge in [-0.3, -0.25) is 9.59 Å². The van der Waals surface area contributed by atoms with Crippen molar-refractivity contribution >= 4 is 58.2 Å². The number of benzene rings is 3. The molecule has 7 heteroatoms. The van der Waals surface area contributed by atoms with Gasteiger partial charge < -0.3 is 5.32 Å². The molecule has 3 aromatic carbocycles. The normalized spacial score (nSPS) is 13.8. The van der Waals surface area contributed by atoms with Crippen molar-refractivity contribution in [1.82, 2.24) is 0 Å². The molecule has 4 rings (SSSR count). The Kier molecular flexibility index (Phi) is 6.33. The van der Waals surface area contributed by atoms with E-state index in [1.165, 1.54) is 17.8 Å². The molecule has 0 radical (unpaired) electrons. The number of nitrogens with one attached hydrogen (secondary N) is 1. The zero-order chi connectivity index (χ0) is 23.0. The van der Waals surface area contributed by atoms with Crippen LogP contribution in [0.25, 0.3) is 0 Å². The number of nitrogens with zero attached hydrogens (tertiary/aromatic N) is 1. The molecule has 0 aromatic heterocycles. The molecule has 0 fully saturated rings. The number of rotatable bonds is 5. The maximum atomic E-state index is 13.4. The van der Waals surface area contributed by atoms with E-state index in [0.29, 0.717) is 15.6 Å². The first kappa shape index (κ1) is 22.5. The summed E-state index contributed by atoms with van der Waals surface area (Å²) in [4.78, 5) is 29.1. The number of carbonyl (C=O) groups is 2. The Balaban J connectivity index is 1.77. The summed E-state index contributed by atoms with van der Waals surface area (Å²) in [6.07, 6.45) is 0. The Morgan fingerprint density at radius 3 is 2.19 bits per heavy atom. The van der Waals surface area contributed by atoms with Crippen molar-refractivity contribution < 1.29 is 9.59 Å². The molecule has 0 saturated heterocycles. The van der Waals surface area contributed by atoms with E-state index in [0.717, 1.165) is 32.2 Å². The van der Waals surface area contributed by atoms with Gasteiger partial charge in [0.25, 0.3) is 11.8 Å². The van der Waals surface area contributed by atoms with Gasteiger partial charge in [0, 0.05) is 15.6 Å². The van der Waals surface area contributed by atoms with E-state index in [1.54, 1.807) is 12.1 Å². The number of halogens is 2. The van der Waals surface area contributed by atoms with Crippen LogP contribution in [0.15, 0.2) is 76.2 Å². The van der Waals surface area contributed by atoms with Gasteiger partial charge in [0.2, 0.25) is 0 Å². The molecule has 2 amide bonds. The first-order chi connectivity index (χ1) is 15.2. The standard InChI is InChI=1S/C25H20Cl2N2O2S/c1-14-4-9-19(10-5-14)32-23-22(28-18-8-6-15(2)16(3)12-18)24(30)29(25(23)31)21-11-7-17(26)13-20(21)27/h4-13,28H,1-3H3. The van der Waals surface area contributed by atoms with Gasteiger partial charge in [-0.2, -0.15) is 0 Å². The highest BCUT2D eigenvalue weighted by Gasteiger charge is 2.41. The van der Waals surface area contributed by atoms with Crippen molar-refractivity contribution in [2.75, 3.05) is 10.2 Å². The molecular weight excluding hydrogens is 463 g/mol. The van der Waals surface area contributed by atoms with Gasteiger partial charge in [0.15, 0.2) is 0 Å². The third kappa shape index (κ3) is 4.42. The molecule has 4 nitrogen and oxygen atoms in total. The zero-order valence-electron chi connectivity index (χ0n) is 17.7. The second-order valence-electron chi connectivity index (χ2n) is 7.58. The molecule has 162 valence electrons. The first-order valence-corrected chi connectivity index (χ1v) is 11.5. The lowest BCUT2D eigenvalue weighted by Crippen LogP contribution is -2.32. The summed E-state index contributed by atoms with van der Waals surface area (Å²) in [5, 5.41) is 3.83. The van der Waals surface area contributed by atoms with Crippen LogP contribution in [-0.4, -0.2) is 11.8 Å². The van der Waals surface area contributed by atoms with Crippen molar-refractivity contribution in [3.8, 4) is 0 Å². The third-order valence-electron chi connectivity index (χ3n) is 5.21. The second-order valence-corrected chi connectivity index (χ2v) is 9.51. The maximum absolute atomic E-state index is 13.4. The van der Waals surface area contributed by atoms with Gasteiger partial charge in [-0.25, -0.2) is 4.90 Å². The topological polar surface area (TPSA) is 49.4 Å². The average molecular weight is 483 g/mol. The summed E-state index contributed by atoms with van der Waals surface area (Å²) >= 11 is 13.6. The van der Waals surface area contributed by atoms with Crippen molar-refractivity contribution in [3.05, 3.63) is 98.0 Å². The zero-order valence-corrected chi connectivity index (χ0v) is 20.0. The number of hydrogen-bond acceptors (Lipinski definition) is 4. The van der Waals surface area contributed by atoms with Crippen molar-refractivity contribution in [3.63, 3.8) is 0 Å². The summed E-state index contributed by atoms with van der Waals surface area (Å²) in [7, 11) is 0. The van der Waals surface area contributed by atoms with E-state index < -0.39 is 11.8 Å². The van der Waals surface area contributed by atoms with Crippen LogP contribution in [0.1, 0.15) is 16.7 Å². The lowest BCUT2D eigenvalue weighted by molar-refractivity contribution is -0.120. The van der Waals surface area contributed by atoms with Crippen LogP contribution in [0.3, 0.4) is 0 Å². The van der Waals surface area contributed by atoms with Gasteiger partial charge >= 0.3 is 0 Å². The molecule has 3 aromatic rings. The Morgan fingerprint density at radius 2 is 1.53 bits per heavy atom. The van der Waals surface area contributed by atoms with Crippen LogP contribution in [0, 0.1) is 20.8 Å². The van der Waals surface area contributed by atoms with Crippen LogP contribution in [0.5, 0.6) is 0 Å². The lowest BCUT2D eigenvalue weighted by atomic mass is 10.1. The van der Waals surface area contributed by atoms with Crippen LogP contribution in [0.2, 0.25) is 10.0 Å². The van der Waals surface area contributed by atoms with Crippen molar-refractivity contribution in [2.24, 2.45) is 0 Å². The third-order valence-corrected chi connectivity index (χ3v) is 6.84. The minimum Gasteiger partial charge on any atom is -0.350 e. The number of aryl methyl sites for hydroxylation is 3. The molecule has 0 unspecified atom stereocenters. The van der Waals surface area contributed by atoms with Crippen LogP contribution in [-0.2, 0) is 9.59 Å². The summed E-state index contributed by atoms with van der Waals surface area (Å²) < 4.78 is 0. The SMILES string of the molecule is Cc1ccc(SC2=C(Nc3ccc(C)c(C)c3)C(=O)N(c3ccc(Cl)cc3Cl)C2=O)cc1. The van der Waals surface area contributed by atoms with Gasteiger partial charge in [-0.1, -0.05) is 58.7 Å². The van der Waals surface area contributed by atoms with Crippen LogP contribution >= 0.6 is 35.0 Å². The van der Waals surface area contributed by atoms with Gasteiger partial charge in [0.1, 0.15) is 10.6 Å². The number of thioether (sulfide) groups is 1. The molecule has 1 aliphatic rings. The predicted molar refractivity (Wildman–Crippen MR) is 133 cm³/mol. The lowest BCUT2D eigenvalue weighted by Gasteiger charge is -2.17. The summed E-state index contributed by atoms with van der Waals surface area (Å²) in [6.45, 7) is 6.01. The molecule has 1 aliphatic heterocycles. The molecule has 1 N–H and O–H groups in total. The molecular formula is C25H20Cl2N2O2S. The largest absolute Gasteiger partial charge is 0.350 e. The Hall–Kier alpha value is -2.73. The monoisotopic (exact) mass is 482 g/mol. The summed E-state index contributed by atoms with van der Waals surface area (Å²) in [5.41, 5.74) is 4.58. The maximum Gasteiger partial charge on any atom is 0.283 e. The smallest absolute Gasteiger partial charge is 0.283 e. The Morgan fingerprint density at radius 1 is 0.812 bits per heavy atom. The number of imide groups is 1. The van der Waals surface area contributed by atoms with E-state index >= 15 is 0 Å². The van der Waals surface area contributed by atoms with Gasteiger partial charge in [-0.15, -0.1) is 0 Å². The van der Waals surface area contributed by atoms with Gasteiger partial charge in [-0.05, 0) is 74.4 Å². The molecule has 0 saturated carbocycles. The molecule has 0 bridgehead atoms. The number of hydrogen-bond donors (Lipinski definition) is 1. The molecule has 0 atom stereocenters. The van der Waals surface area contributed by atoms with E-state index in [1.807, 2.05) is 63.2 Å². The van der Waals surface area contributed by atoms with Crippen molar-refractivity contribution in [1.29, 1.82) is 0 Å². The molecule has 0 spiro atoms. The van der Waals surface area contributed by atoms with Crippen molar-refractivity contribution in [2.45, 2.75) is 25.7 Å². The number of carbonyl (C=O) groups excluding carboxylic acids is 2. The number of amides is 2. The predicted octanol–water partition coefficient (Wildman–Crippen LogP) is 6.91. The highest BCUT2D eigenvalue weighted by atomic mass is 35.5. The minimum absolute atomic E-state index is 0.217. The highest BCUT2D eigenvalue weighted by molar-refractivity contribution is 8.04. The van der Waals surface area contributed by atoms with E-state index in [2.05, 4.69) is 5.32 Å². The average Bonchev–Trinajstić information content (AvgIpc) is 2.97. The molecule has 32 heavy (non-hydrogen) atoms. The summed E-state index contributed by atoms with van der Waals surface area (Å²) in [6, 6.07) is 18.3. The number of anilines is 2. The second kappa shape index (κ2) is 9.02. The minimum atomic E-state index is -0.466. The Bertz CT molecular complexity index is 1270.